The SMILES string of the molecule is CC(C)CC1CN(C2CCN3CCCC3C2)C(C)CN1. The van der Waals surface area contributed by atoms with Gasteiger partial charge in [-0.15, -0.1) is 0 Å². The minimum absolute atomic E-state index is 0.716. The van der Waals surface area contributed by atoms with E-state index in [9.17, 15) is 0 Å². The van der Waals surface area contributed by atoms with Crippen LogP contribution >= 0.6 is 0 Å². The van der Waals surface area contributed by atoms with Gasteiger partial charge in [-0.25, -0.2) is 0 Å². The standard InChI is InChI=1S/C17H33N3/c1-13(2)9-15-12-20(14(3)11-18-15)17-6-8-19-7-4-5-16(19)10-17/h13-18H,4-12H2,1-3H3. The summed E-state index contributed by atoms with van der Waals surface area (Å²) < 4.78 is 0. The van der Waals surface area contributed by atoms with E-state index in [1.54, 1.807) is 0 Å². The number of hydrogen-bond donors (Lipinski definition) is 1. The van der Waals surface area contributed by atoms with Gasteiger partial charge in [0.25, 0.3) is 0 Å². The van der Waals surface area contributed by atoms with Crippen LogP contribution < -0.4 is 5.32 Å². The van der Waals surface area contributed by atoms with Crippen molar-refractivity contribution in [1.29, 1.82) is 0 Å². The zero-order valence-corrected chi connectivity index (χ0v) is 13.6. The van der Waals surface area contributed by atoms with Crippen molar-refractivity contribution in [2.45, 2.75) is 77.0 Å². The smallest absolute Gasteiger partial charge is 0.0198 e. The van der Waals surface area contributed by atoms with Gasteiger partial charge in [-0.05, 0) is 58.0 Å². The molecule has 3 fully saturated rings. The zero-order chi connectivity index (χ0) is 14.1. The molecule has 4 unspecified atom stereocenters. The fourth-order valence-corrected chi connectivity index (χ4v) is 4.69. The molecule has 3 heteroatoms. The highest BCUT2D eigenvalue weighted by Gasteiger charge is 2.37. The molecule has 4 atom stereocenters. The lowest BCUT2D eigenvalue weighted by atomic mass is 9.92. The largest absolute Gasteiger partial charge is 0.311 e. The number of piperazine rings is 1. The average molecular weight is 279 g/mol. The summed E-state index contributed by atoms with van der Waals surface area (Å²) in [5.41, 5.74) is 0. The quantitative estimate of drug-likeness (QED) is 0.855. The Kier molecular flexibility index (Phi) is 4.68. The van der Waals surface area contributed by atoms with E-state index in [1.165, 1.54) is 58.3 Å². The van der Waals surface area contributed by atoms with E-state index in [2.05, 4.69) is 35.9 Å². The molecule has 20 heavy (non-hydrogen) atoms. The Morgan fingerprint density at radius 3 is 2.80 bits per heavy atom. The topological polar surface area (TPSA) is 18.5 Å². The number of nitrogens with one attached hydrogen (secondary N) is 1. The van der Waals surface area contributed by atoms with Crippen LogP contribution in [0.3, 0.4) is 0 Å². The minimum Gasteiger partial charge on any atom is -0.311 e. The Hall–Kier alpha value is -0.120. The van der Waals surface area contributed by atoms with Crippen LogP contribution in [-0.4, -0.2) is 60.1 Å². The van der Waals surface area contributed by atoms with E-state index in [-0.39, 0.29) is 0 Å². The third kappa shape index (κ3) is 3.20. The van der Waals surface area contributed by atoms with E-state index < -0.39 is 0 Å². The first-order valence-electron chi connectivity index (χ1n) is 8.86. The summed E-state index contributed by atoms with van der Waals surface area (Å²) in [7, 11) is 0. The number of hydrogen-bond acceptors (Lipinski definition) is 3. The van der Waals surface area contributed by atoms with Gasteiger partial charge >= 0.3 is 0 Å². The van der Waals surface area contributed by atoms with Crippen LogP contribution in [0.15, 0.2) is 0 Å². The second-order valence-corrected chi connectivity index (χ2v) is 7.79. The number of fused-ring (bicyclic) bond motifs is 1. The maximum absolute atomic E-state index is 3.76. The Labute approximate surface area is 125 Å². The summed E-state index contributed by atoms with van der Waals surface area (Å²) in [6, 6.07) is 3.18. The van der Waals surface area contributed by atoms with Crippen LogP contribution in [-0.2, 0) is 0 Å². The molecular weight excluding hydrogens is 246 g/mol. The molecular formula is C17H33N3. The Balaban J connectivity index is 1.59. The lowest BCUT2D eigenvalue weighted by Crippen LogP contribution is -2.60. The van der Waals surface area contributed by atoms with Gasteiger partial charge in [-0.3, -0.25) is 4.90 Å². The Morgan fingerprint density at radius 2 is 2.00 bits per heavy atom. The minimum atomic E-state index is 0.716. The molecule has 3 aliphatic heterocycles. The molecule has 0 aliphatic carbocycles. The molecule has 0 aromatic heterocycles. The molecule has 0 aromatic rings. The van der Waals surface area contributed by atoms with Gasteiger partial charge in [-0.2, -0.15) is 0 Å². The van der Waals surface area contributed by atoms with Gasteiger partial charge < -0.3 is 10.2 Å². The summed E-state index contributed by atoms with van der Waals surface area (Å²) in [6.45, 7) is 12.3. The molecule has 0 saturated carbocycles. The monoisotopic (exact) mass is 279 g/mol. The first-order valence-corrected chi connectivity index (χ1v) is 8.86. The molecule has 0 aromatic carbocycles. The third-order valence-corrected chi connectivity index (χ3v) is 5.72. The van der Waals surface area contributed by atoms with Crippen LogP contribution in [0.2, 0.25) is 0 Å². The fourth-order valence-electron chi connectivity index (χ4n) is 4.69. The first kappa shape index (κ1) is 14.8. The van der Waals surface area contributed by atoms with E-state index in [0.717, 1.165) is 24.0 Å². The van der Waals surface area contributed by atoms with E-state index in [0.29, 0.717) is 6.04 Å². The highest BCUT2D eigenvalue weighted by molar-refractivity contribution is 4.95. The molecule has 0 radical (unpaired) electrons. The summed E-state index contributed by atoms with van der Waals surface area (Å²) in [6.07, 6.45) is 7.04. The van der Waals surface area contributed by atoms with Gasteiger partial charge in [0.2, 0.25) is 0 Å². The average Bonchev–Trinajstić information content (AvgIpc) is 2.87. The molecule has 3 heterocycles. The predicted molar refractivity (Wildman–Crippen MR) is 85.0 cm³/mol. The molecule has 3 saturated heterocycles. The van der Waals surface area contributed by atoms with Crippen LogP contribution in [0.25, 0.3) is 0 Å². The van der Waals surface area contributed by atoms with Crippen LogP contribution in [0.1, 0.15) is 52.9 Å². The molecule has 3 rings (SSSR count). The normalized spacial score (nSPS) is 40.2. The summed E-state index contributed by atoms with van der Waals surface area (Å²) in [5, 5.41) is 3.76. The lowest BCUT2D eigenvalue weighted by Gasteiger charge is -2.47. The van der Waals surface area contributed by atoms with Gasteiger partial charge in [0.15, 0.2) is 0 Å². The maximum Gasteiger partial charge on any atom is 0.0198 e. The third-order valence-electron chi connectivity index (χ3n) is 5.72. The van der Waals surface area contributed by atoms with E-state index >= 15 is 0 Å². The van der Waals surface area contributed by atoms with E-state index in [1.807, 2.05) is 0 Å². The second kappa shape index (κ2) is 6.33. The van der Waals surface area contributed by atoms with Crippen molar-refractivity contribution >= 4 is 0 Å². The predicted octanol–water partition coefficient (Wildman–Crippen LogP) is 2.32. The fraction of sp³-hybridized carbons (Fsp3) is 1.00. The van der Waals surface area contributed by atoms with Crippen molar-refractivity contribution in [1.82, 2.24) is 15.1 Å². The highest BCUT2D eigenvalue weighted by Crippen LogP contribution is 2.31. The Morgan fingerprint density at radius 1 is 1.15 bits per heavy atom. The summed E-state index contributed by atoms with van der Waals surface area (Å²) >= 11 is 0. The van der Waals surface area contributed by atoms with Crippen LogP contribution in [0.5, 0.6) is 0 Å². The number of rotatable bonds is 3. The van der Waals surface area contributed by atoms with Crippen molar-refractivity contribution < 1.29 is 0 Å². The van der Waals surface area contributed by atoms with Gasteiger partial charge in [-0.1, -0.05) is 13.8 Å². The first-order chi connectivity index (χ1) is 9.63. The van der Waals surface area contributed by atoms with Crippen molar-refractivity contribution in [3.05, 3.63) is 0 Å². The molecule has 3 aliphatic rings. The second-order valence-electron chi connectivity index (χ2n) is 7.79. The van der Waals surface area contributed by atoms with E-state index in [4.69, 9.17) is 0 Å². The number of nitrogens with zero attached hydrogens (tertiary/aromatic N) is 2. The zero-order valence-electron chi connectivity index (χ0n) is 13.6. The van der Waals surface area contributed by atoms with Crippen LogP contribution in [0, 0.1) is 5.92 Å². The molecule has 0 spiro atoms. The maximum atomic E-state index is 3.76. The summed E-state index contributed by atoms with van der Waals surface area (Å²) in [4.78, 5) is 5.59. The van der Waals surface area contributed by atoms with Crippen molar-refractivity contribution in [2.24, 2.45) is 5.92 Å². The molecule has 116 valence electrons. The van der Waals surface area contributed by atoms with Crippen LogP contribution in [0.4, 0.5) is 0 Å². The van der Waals surface area contributed by atoms with Gasteiger partial charge in [0.05, 0.1) is 0 Å². The summed E-state index contributed by atoms with van der Waals surface area (Å²) in [5.74, 6) is 0.805. The molecule has 1 N–H and O–H groups in total. The highest BCUT2D eigenvalue weighted by atomic mass is 15.3. The van der Waals surface area contributed by atoms with Crippen molar-refractivity contribution in [2.75, 3.05) is 26.2 Å². The van der Waals surface area contributed by atoms with Crippen molar-refractivity contribution in [3.8, 4) is 0 Å². The van der Waals surface area contributed by atoms with Gasteiger partial charge in [0, 0.05) is 37.3 Å². The number of piperidine rings is 1. The van der Waals surface area contributed by atoms with Gasteiger partial charge in [0.1, 0.15) is 0 Å². The lowest BCUT2D eigenvalue weighted by molar-refractivity contribution is 0.0337. The Bertz CT molecular complexity index is 317. The molecule has 0 amide bonds. The molecule has 3 nitrogen and oxygen atoms in total. The van der Waals surface area contributed by atoms with Crippen molar-refractivity contribution in [3.63, 3.8) is 0 Å². The molecule has 0 bridgehead atoms.